The molecule has 1 saturated heterocycles. The Kier molecular flexibility index (Phi) is 5.11. The molecule has 2 amide bonds. The molecule has 0 aromatic rings. The zero-order valence-electron chi connectivity index (χ0n) is 11.1. The zero-order valence-corrected chi connectivity index (χ0v) is 11.1. The largest absolute Gasteiger partial charge is 0.480 e. The van der Waals surface area contributed by atoms with E-state index < -0.39 is 31.1 Å². The number of carboxylic acid groups (broad SMARTS) is 2. The quantitative estimate of drug-likeness (QED) is 0.696. The van der Waals surface area contributed by atoms with Crippen molar-refractivity contribution in [3.8, 4) is 0 Å². The normalized spacial score (nSPS) is 20.1. The molecule has 0 bridgehead atoms. The number of piperazine rings is 1. The van der Waals surface area contributed by atoms with Gasteiger partial charge < -0.3 is 24.9 Å². The first-order valence-electron chi connectivity index (χ1n) is 5.99. The first-order chi connectivity index (χ1) is 8.81. The fourth-order valence-electron chi connectivity index (χ4n) is 1.94. The van der Waals surface area contributed by atoms with Crippen molar-refractivity contribution in [1.29, 1.82) is 0 Å². The summed E-state index contributed by atoms with van der Waals surface area (Å²) in [4.78, 5) is 37.9. The van der Waals surface area contributed by atoms with Crippen molar-refractivity contribution in [1.82, 2.24) is 14.7 Å². The minimum absolute atomic E-state index is 0.161. The molecule has 1 unspecified atom stereocenters. The first kappa shape index (κ1) is 15.2. The number of nitrogens with zero attached hydrogens (tertiary/aromatic N) is 3. The van der Waals surface area contributed by atoms with Gasteiger partial charge in [-0.1, -0.05) is 0 Å². The van der Waals surface area contributed by atoms with Crippen LogP contribution in [0.2, 0.25) is 0 Å². The van der Waals surface area contributed by atoms with Crippen molar-refractivity contribution in [2.45, 2.75) is 13.0 Å². The molecule has 1 fully saturated rings. The summed E-state index contributed by atoms with van der Waals surface area (Å²) in [6.45, 7) is 2.36. The minimum atomic E-state index is -1.23. The molecule has 1 atom stereocenters. The van der Waals surface area contributed by atoms with E-state index in [4.69, 9.17) is 10.2 Å². The topological polar surface area (TPSA) is 101 Å². The van der Waals surface area contributed by atoms with Gasteiger partial charge in [-0.2, -0.15) is 0 Å². The van der Waals surface area contributed by atoms with E-state index in [-0.39, 0.29) is 6.04 Å². The average molecular weight is 273 g/mol. The molecule has 1 aliphatic rings. The predicted molar refractivity (Wildman–Crippen MR) is 65.9 cm³/mol. The maximum Gasteiger partial charge on any atom is 0.323 e. The van der Waals surface area contributed by atoms with E-state index in [1.807, 2.05) is 14.0 Å². The number of amides is 2. The van der Waals surface area contributed by atoms with Gasteiger partial charge in [0.25, 0.3) is 0 Å². The molecule has 0 radical (unpaired) electrons. The molecular weight excluding hydrogens is 254 g/mol. The number of carbonyl (C=O) groups excluding carboxylic acids is 1. The summed E-state index contributed by atoms with van der Waals surface area (Å²) >= 11 is 0. The molecule has 0 spiro atoms. The molecule has 1 aliphatic heterocycles. The highest BCUT2D eigenvalue weighted by Gasteiger charge is 2.29. The van der Waals surface area contributed by atoms with Crippen LogP contribution in [0.15, 0.2) is 0 Å². The van der Waals surface area contributed by atoms with Gasteiger partial charge in [0.2, 0.25) is 0 Å². The van der Waals surface area contributed by atoms with Gasteiger partial charge in [-0.15, -0.1) is 0 Å². The van der Waals surface area contributed by atoms with E-state index in [0.717, 1.165) is 4.90 Å². The van der Waals surface area contributed by atoms with Crippen molar-refractivity contribution >= 4 is 18.0 Å². The summed E-state index contributed by atoms with van der Waals surface area (Å²) < 4.78 is 0. The summed E-state index contributed by atoms with van der Waals surface area (Å²) in [6, 6.07) is -0.376. The lowest BCUT2D eigenvalue weighted by atomic mass is 10.2. The van der Waals surface area contributed by atoms with E-state index >= 15 is 0 Å². The Morgan fingerprint density at radius 3 is 2.11 bits per heavy atom. The second-order valence-corrected chi connectivity index (χ2v) is 4.70. The van der Waals surface area contributed by atoms with Crippen LogP contribution in [0.5, 0.6) is 0 Å². The van der Waals surface area contributed by atoms with E-state index in [0.29, 0.717) is 19.6 Å². The van der Waals surface area contributed by atoms with Gasteiger partial charge in [0.05, 0.1) is 0 Å². The van der Waals surface area contributed by atoms with Crippen molar-refractivity contribution in [2.24, 2.45) is 0 Å². The monoisotopic (exact) mass is 273 g/mol. The summed E-state index contributed by atoms with van der Waals surface area (Å²) in [5, 5.41) is 17.4. The lowest BCUT2D eigenvalue weighted by Crippen LogP contribution is -2.56. The maximum absolute atomic E-state index is 12.1. The van der Waals surface area contributed by atoms with Crippen LogP contribution < -0.4 is 0 Å². The molecule has 8 heteroatoms. The van der Waals surface area contributed by atoms with Crippen LogP contribution in [-0.4, -0.2) is 88.7 Å². The van der Waals surface area contributed by atoms with E-state index in [1.165, 1.54) is 4.90 Å². The summed E-state index contributed by atoms with van der Waals surface area (Å²) in [6.07, 6.45) is 0. The van der Waals surface area contributed by atoms with Crippen molar-refractivity contribution < 1.29 is 24.6 Å². The first-order valence-corrected chi connectivity index (χ1v) is 5.99. The van der Waals surface area contributed by atoms with Crippen LogP contribution in [-0.2, 0) is 9.59 Å². The maximum atomic E-state index is 12.1. The lowest BCUT2D eigenvalue weighted by molar-refractivity contribution is -0.140. The van der Waals surface area contributed by atoms with Crippen molar-refractivity contribution in [2.75, 3.05) is 39.8 Å². The summed E-state index contributed by atoms with van der Waals surface area (Å²) in [5.41, 5.74) is 0. The smallest absolute Gasteiger partial charge is 0.323 e. The van der Waals surface area contributed by atoms with Crippen LogP contribution in [0.3, 0.4) is 0 Å². The van der Waals surface area contributed by atoms with Crippen molar-refractivity contribution in [3.05, 3.63) is 0 Å². The van der Waals surface area contributed by atoms with Crippen LogP contribution in [0.4, 0.5) is 4.79 Å². The minimum Gasteiger partial charge on any atom is -0.480 e. The van der Waals surface area contributed by atoms with Gasteiger partial charge in [0.1, 0.15) is 13.1 Å². The second kappa shape index (κ2) is 6.37. The summed E-state index contributed by atoms with van der Waals surface area (Å²) in [5.74, 6) is -2.45. The lowest BCUT2D eigenvalue weighted by Gasteiger charge is -2.39. The second-order valence-electron chi connectivity index (χ2n) is 4.70. The molecule has 0 aromatic carbocycles. The SMILES string of the molecule is CC1CN(C(=O)N(CC(=O)O)CC(=O)O)CCN1C. The fraction of sp³-hybridized carbons (Fsp3) is 0.727. The average Bonchev–Trinajstić information content (AvgIpc) is 2.29. The van der Waals surface area contributed by atoms with Gasteiger partial charge in [0.15, 0.2) is 0 Å². The van der Waals surface area contributed by atoms with E-state index in [2.05, 4.69) is 4.90 Å². The number of hydrogen-bond donors (Lipinski definition) is 2. The van der Waals surface area contributed by atoms with Crippen molar-refractivity contribution in [3.63, 3.8) is 0 Å². The number of aliphatic carboxylic acids is 2. The van der Waals surface area contributed by atoms with Gasteiger partial charge in [-0.05, 0) is 14.0 Å². The number of carboxylic acids is 2. The Labute approximate surface area is 111 Å². The Morgan fingerprint density at radius 2 is 1.68 bits per heavy atom. The fourth-order valence-corrected chi connectivity index (χ4v) is 1.94. The zero-order chi connectivity index (χ0) is 14.6. The highest BCUT2D eigenvalue weighted by Crippen LogP contribution is 2.09. The Balaban J connectivity index is 2.70. The number of rotatable bonds is 4. The molecule has 108 valence electrons. The third-order valence-electron chi connectivity index (χ3n) is 3.15. The Bertz CT molecular complexity index is 357. The molecule has 1 rings (SSSR count). The van der Waals surface area contributed by atoms with Crippen LogP contribution in [0.1, 0.15) is 6.92 Å². The third-order valence-corrected chi connectivity index (χ3v) is 3.15. The van der Waals surface area contributed by atoms with Gasteiger partial charge in [-0.25, -0.2) is 4.79 Å². The number of hydrogen-bond acceptors (Lipinski definition) is 4. The molecule has 2 N–H and O–H groups in total. The molecule has 1 heterocycles. The van der Waals surface area contributed by atoms with Gasteiger partial charge in [0, 0.05) is 25.7 Å². The molecule has 8 nitrogen and oxygen atoms in total. The highest BCUT2D eigenvalue weighted by molar-refractivity contribution is 5.84. The Hall–Kier alpha value is -1.83. The number of carbonyl (C=O) groups is 3. The summed E-state index contributed by atoms with van der Waals surface area (Å²) in [7, 11) is 1.94. The number of urea groups is 1. The number of likely N-dealkylation sites (N-methyl/N-ethyl adjacent to an activating group) is 1. The van der Waals surface area contributed by atoms with Crippen LogP contribution in [0, 0.1) is 0 Å². The van der Waals surface area contributed by atoms with Gasteiger partial charge in [-0.3, -0.25) is 9.59 Å². The molecular formula is C11H19N3O5. The molecule has 0 aromatic heterocycles. The molecule has 19 heavy (non-hydrogen) atoms. The molecule has 0 saturated carbocycles. The van der Waals surface area contributed by atoms with Crippen LogP contribution >= 0.6 is 0 Å². The van der Waals surface area contributed by atoms with E-state index in [9.17, 15) is 14.4 Å². The van der Waals surface area contributed by atoms with Crippen LogP contribution in [0.25, 0.3) is 0 Å². The Morgan fingerprint density at radius 1 is 1.16 bits per heavy atom. The standard InChI is InChI=1S/C11H19N3O5/c1-8-5-13(4-3-12(8)2)11(19)14(6-9(15)16)7-10(17)18/h8H,3-7H2,1-2H3,(H,15,16)(H,17,18). The third kappa shape index (κ3) is 4.40. The van der Waals surface area contributed by atoms with E-state index in [1.54, 1.807) is 0 Å². The van der Waals surface area contributed by atoms with Gasteiger partial charge >= 0.3 is 18.0 Å². The highest BCUT2D eigenvalue weighted by atomic mass is 16.4. The molecule has 0 aliphatic carbocycles. The predicted octanol–water partition coefficient (Wildman–Crippen LogP) is -0.786.